The van der Waals surface area contributed by atoms with E-state index in [1.165, 1.54) is 11.1 Å². The molecule has 0 aliphatic heterocycles. The predicted octanol–water partition coefficient (Wildman–Crippen LogP) is 6.92. The Bertz CT molecular complexity index is 1070. The van der Waals surface area contributed by atoms with Crippen LogP contribution in [0.25, 0.3) is 0 Å². The lowest BCUT2D eigenvalue weighted by atomic mass is 9.80. The highest BCUT2D eigenvalue weighted by Crippen LogP contribution is 2.35. The van der Waals surface area contributed by atoms with Gasteiger partial charge in [0.25, 0.3) is 5.91 Å². The minimum Gasteiger partial charge on any atom is -0.493 e. The van der Waals surface area contributed by atoms with Crippen LogP contribution in [0.3, 0.4) is 0 Å². The summed E-state index contributed by atoms with van der Waals surface area (Å²) in [6, 6.07) is 23.9. The third-order valence-corrected chi connectivity index (χ3v) is 5.65. The van der Waals surface area contributed by atoms with Crippen LogP contribution in [0.1, 0.15) is 58.2 Å². The van der Waals surface area contributed by atoms with Crippen molar-refractivity contribution in [2.75, 3.05) is 18.5 Å². The van der Waals surface area contributed by atoms with E-state index in [1.807, 2.05) is 48.5 Å². The Kier molecular flexibility index (Phi) is 8.03. The molecule has 0 heterocycles. The second-order valence-corrected chi connectivity index (χ2v) is 10.7. The normalized spacial score (nSPS) is 11.7. The number of hydrogen-bond donors (Lipinski definition) is 1. The van der Waals surface area contributed by atoms with Crippen LogP contribution in [-0.4, -0.2) is 19.1 Å². The van der Waals surface area contributed by atoms with E-state index in [9.17, 15) is 4.79 Å². The van der Waals surface area contributed by atoms with Gasteiger partial charge in [-0.2, -0.15) is 0 Å². The molecular weight excluding hydrogens is 422 g/mol. The summed E-state index contributed by atoms with van der Waals surface area (Å²) in [7, 11) is 0. The summed E-state index contributed by atoms with van der Waals surface area (Å²) in [6.45, 7) is 13.6. The summed E-state index contributed by atoms with van der Waals surface area (Å²) >= 11 is 0. The fourth-order valence-corrected chi connectivity index (χ4v) is 3.61. The van der Waals surface area contributed by atoms with Crippen LogP contribution in [0.4, 0.5) is 5.69 Å². The Morgan fingerprint density at radius 1 is 0.794 bits per heavy atom. The second kappa shape index (κ2) is 10.8. The number of amides is 1. The van der Waals surface area contributed by atoms with Crippen LogP contribution in [0.15, 0.2) is 72.8 Å². The van der Waals surface area contributed by atoms with E-state index in [0.717, 1.165) is 23.5 Å². The highest BCUT2D eigenvalue weighted by Gasteiger charge is 2.23. The number of benzene rings is 3. The summed E-state index contributed by atoms with van der Waals surface area (Å²) < 4.78 is 11.8. The van der Waals surface area contributed by atoms with Crippen molar-refractivity contribution >= 4 is 11.6 Å². The monoisotopic (exact) mass is 459 g/mol. The summed E-state index contributed by atoms with van der Waals surface area (Å²) in [5.41, 5.74) is 4.26. The van der Waals surface area contributed by atoms with Gasteiger partial charge in [-0.05, 0) is 57.9 Å². The first-order valence-electron chi connectivity index (χ1n) is 11.9. The van der Waals surface area contributed by atoms with Crippen molar-refractivity contribution in [3.05, 3.63) is 89.5 Å². The molecule has 0 spiro atoms. The fraction of sp³-hybridized carbons (Fsp3) is 0.367. The van der Waals surface area contributed by atoms with Gasteiger partial charge in [0, 0.05) is 12.1 Å². The van der Waals surface area contributed by atoms with Gasteiger partial charge in [0.2, 0.25) is 0 Å². The first kappa shape index (κ1) is 25.4. The minimum atomic E-state index is -0.197. The quantitative estimate of drug-likeness (QED) is 0.398. The van der Waals surface area contributed by atoms with Crippen molar-refractivity contribution in [3.8, 4) is 11.5 Å². The summed E-state index contributed by atoms with van der Waals surface area (Å²) in [6.07, 6.45) is 0.851. The van der Waals surface area contributed by atoms with E-state index in [4.69, 9.17) is 9.47 Å². The molecule has 0 aromatic heterocycles. The predicted molar refractivity (Wildman–Crippen MR) is 140 cm³/mol. The topological polar surface area (TPSA) is 47.6 Å². The van der Waals surface area contributed by atoms with Gasteiger partial charge < -0.3 is 14.8 Å². The third kappa shape index (κ3) is 7.38. The molecule has 4 nitrogen and oxygen atoms in total. The number of nitrogens with one attached hydrogen (secondary N) is 1. The summed E-state index contributed by atoms with van der Waals surface area (Å²) in [5.74, 6) is 1.33. The van der Waals surface area contributed by atoms with Gasteiger partial charge in [-0.3, -0.25) is 4.79 Å². The van der Waals surface area contributed by atoms with Gasteiger partial charge in [0.05, 0.1) is 6.61 Å². The van der Waals surface area contributed by atoms with Crippen LogP contribution in [0.2, 0.25) is 0 Å². The zero-order valence-corrected chi connectivity index (χ0v) is 21.3. The highest BCUT2D eigenvalue weighted by molar-refractivity contribution is 5.91. The lowest BCUT2D eigenvalue weighted by molar-refractivity contribution is -0.118. The molecule has 3 aromatic rings. The van der Waals surface area contributed by atoms with Gasteiger partial charge in [-0.15, -0.1) is 0 Å². The molecule has 3 rings (SSSR count). The van der Waals surface area contributed by atoms with Gasteiger partial charge >= 0.3 is 0 Å². The Morgan fingerprint density at radius 2 is 1.47 bits per heavy atom. The fourth-order valence-electron chi connectivity index (χ4n) is 3.61. The lowest BCUT2D eigenvalue weighted by Crippen LogP contribution is -2.22. The molecule has 180 valence electrons. The van der Waals surface area contributed by atoms with Gasteiger partial charge in [-0.1, -0.05) is 84.0 Å². The van der Waals surface area contributed by atoms with E-state index in [2.05, 4.69) is 71.1 Å². The largest absolute Gasteiger partial charge is 0.493 e. The molecule has 0 fully saturated rings. The van der Waals surface area contributed by atoms with E-state index in [0.29, 0.717) is 12.3 Å². The molecule has 0 atom stereocenters. The maximum absolute atomic E-state index is 12.5. The molecule has 1 N–H and O–H groups in total. The van der Waals surface area contributed by atoms with E-state index < -0.39 is 0 Å². The highest BCUT2D eigenvalue weighted by atomic mass is 16.5. The summed E-state index contributed by atoms with van der Waals surface area (Å²) in [4.78, 5) is 12.5. The third-order valence-electron chi connectivity index (χ3n) is 5.65. The smallest absolute Gasteiger partial charge is 0.262 e. The molecule has 0 bridgehead atoms. The molecular formula is C30H37NO3. The molecule has 4 heteroatoms. The van der Waals surface area contributed by atoms with Crippen LogP contribution in [0.5, 0.6) is 11.5 Å². The SMILES string of the molecule is CC(C)(C)c1ccc(OCC(=O)Nc2ccc(OCCc3ccccc3)cc2)c(C(C)(C)C)c1. The van der Waals surface area contributed by atoms with Gasteiger partial charge in [0.15, 0.2) is 6.61 Å². The van der Waals surface area contributed by atoms with Crippen molar-refractivity contribution in [1.82, 2.24) is 0 Å². The molecule has 0 radical (unpaired) electrons. The second-order valence-electron chi connectivity index (χ2n) is 10.7. The van der Waals surface area contributed by atoms with E-state index in [1.54, 1.807) is 0 Å². The zero-order chi connectivity index (χ0) is 24.8. The number of ether oxygens (including phenoxy) is 2. The number of rotatable bonds is 8. The first-order chi connectivity index (χ1) is 16.0. The van der Waals surface area contributed by atoms with Crippen molar-refractivity contribution < 1.29 is 14.3 Å². The van der Waals surface area contributed by atoms with E-state index in [-0.39, 0.29) is 23.3 Å². The van der Waals surface area contributed by atoms with Crippen LogP contribution < -0.4 is 14.8 Å². The molecule has 0 aliphatic carbocycles. The van der Waals surface area contributed by atoms with Gasteiger partial charge in [0.1, 0.15) is 11.5 Å². The Balaban J connectivity index is 1.54. The average Bonchev–Trinajstić information content (AvgIpc) is 2.78. The lowest BCUT2D eigenvalue weighted by Gasteiger charge is -2.27. The van der Waals surface area contributed by atoms with Crippen LogP contribution in [0, 0.1) is 0 Å². The number of carbonyl (C=O) groups excluding carboxylic acids is 1. The molecule has 0 unspecified atom stereocenters. The molecule has 0 aliphatic rings. The van der Waals surface area contributed by atoms with Crippen molar-refractivity contribution in [2.45, 2.75) is 58.8 Å². The summed E-state index contributed by atoms with van der Waals surface area (Å²) in [5, 5.41) is 2.90. The molecule has 34 heavy (non-hydrogen) atoms. The zero-order valence-electron chi connectivity index (χ0n) is 21.3. The number of carbonyl (C=O) groups is 1. The molecule has 1 amide bonds. The molecule has 0 saturated heterocycles. The molecule has 3 aromatic carbocycles. The first-order valence-corrected chi connectivity index (χ1v) is 11.9. The standard InChI is InChI=1S/C30H37NO3/c1-29(2,3)23-12-17-27(26(20-23)30(4,5)6)34-21-28(32)31-24-13-15-25(16-14-24)33-19-18-22-10-8-7-9-11-22/h7-17,20H,18-19,21H2,1-6H3,(H,31,32). The maximum Gasteiger partial charge on any atom is 0.262 e. The van der Waals surface area contributed by atoms with Crippen molar-refractivity contribution in [1.29, 1.82) is 0 Å². The van der Waals surface area contributed by atoms with Gasteiger partial charge in [-0.25, -0.2) is 0 Å². The Labute approximate surface area is 204 Å². The maximum atomic E-state index is 12.5. The van der Waals surface area contributed by atoms with E-state index >= 15 is 0 Å². The Hall–Kier alpha value is -3.27. The molecule has 0 saturated carbocycles. The number of anilines is 1. The van der Waals surface area contributed by atoms with Crippen LogP contribution >= 0.6 is 0 Å². The average molecular weight is 460 g/mol. The number of hydrogen-bond acceptors (Lipinski definition) is 3. The Morgan fingerprint density at radius 3 is 2.09 bits per heavy atom. The van der Waals surface area contributed by atoms with Crippen molar-refractivity contribution in [3.63, 3.8) is 0 Å². The van der Waals surface area contributed by atoms with Crippen LogP contribution in [-0.2, 0) is 22.0 Å². The minimum absolute atomic E-state index is 0.0483. The van der Waals surface area contributed by atoms with Crippen molar-refractivity contribution in [2.24, 2.45) is 0 Å².